The number of rotatable bonds is 5. The van der Waals surface area contributed by atoms with E-state index in [9.17, 15) is 9.90 Å². The van der Waals surface area contributed by atoms with Gasteiger partial charge in [0.1, 0.15) is 0 Å². The highest BCUT2D eigenvalue weighted by Crippen LogP contribution is 2.37. The van der Waals surface area contributed by atoms with Gasteiger partial charge in [0.2, 0.25) is 5.88 Å². The Morgan fingerprint density at radius 1 is 1.30 bits per heavy atom. The molecule has 1 amide bonds. The van der Waals surface area contributed by atoms with Gasteiger partial charge in [-0.25, -0.2) is 4.98 Å². The number of carbonyl (C=O) groups excluding carboxylic acids is 1. The Labute approximate surface area is 134 Å². The van der Waals surface area contributed by atoms with Gasteiger partial charge in [0.15, 0.2) is 0 Å². The lowest BCUT2D eigenvalue weighted by atomic mass is 9.76. The third kappa shape index (κ3) is 3.48. The minimum atomic E-state index is -0.288. The Morgan fingerprint density at radius 2 is 2.13 bits per heavy atom. The van der Waals surface area contributed by atoms with Gasteiger partial charge in [-0.05, 0) is 37.0 Å². The molecular weight excluding hydrogens is 294 g/mol. The fraction of sp³-hybridized carbons (Fsp3) is 0.353. The molecule has 0 bridgehead atoms. The molecule has 6 nitrogen and oxygen atoms in total. The molecule has 0 unspecified atom stereocenters. The first-order valence-corrected chi connectivity index (χ1v) is 7.57. The number of nitrogens with zero attached hydrogens (tertiary/aromatic N) is 2. The SMILES string of the molecule is COc1cc(C(=O)N[C@@H](c2ccccn2)C2CC(O)C2)ccn1. The summed E-state index contributed by atoms with van der Waals surface area (Å²) in [6, 6.07) is 8.65. The molecule has 1 aliphatic carbocycles. The van der Waals surface area contributed by atoms with Crippen molar-refractivity contribution in [2.24, 2.45) is 5.92 Å². The fourth-order valence-corrected chi connectivity index (χ4v) is 2.78. The van der Waals surface area contributed by atoms with Crippen LogP contribution in [0.15, 0.2) is 42.7 Å². The molecule has 0 saturated heterocycles. The average molecular weight is 313 g/mol. The molecule has 3 rings (SSSR count). The van der Waals surface area contributed by atoms with Crippen LogP contribution in [-0.2, 0) is 0 Å². The highest BCUT2D eigenvalue weighted by Gasteiger charge is 2.36. The Kier molecular flexibility index (Phi) is 4.52. The minimum absolute atomic E-state index is 0.188. The lowest BCUT2D eigenvalue weighted by Gasteiger charge is -2.37. The number of aliphatic hydroxyl groups is 1. The topological polar surface area (TPSA) is 84.3 Å². The van der Waals surface area contributed by atoms with Gasteiger partial charge < -0.3 is 15.2 Å². The van der Waals surface area contributed by atoms with Crippen LogP contribution in [-0.4, -0.2) is 34.2 Å². The first-order valence-electron chi connectivity index (χ1n) is 7.57. The summed E-state index contributed by atoms with van der Waals surface area (Å²) < 4.78 is 5.05. The fourth-order valence-electron chi connectivity index (χ4n) is 2.78. The van der Waals surface area contributed by atoms with Crippen molar-refractivity contribution in [2.75, 3.05) is 7.11 Å². The quantitative estimate of drug-likeness (QED) is 0.878. The molecule has 120 valence electrons. The molecule has 0 spiro atoms. The number of hydrogen-bond acceptors (Lipinski definition) is 5. The maximum Gasteiger partial charge on any atom is 0.252 e. The smallest absolute Gasteiger partial charge is 0.252 e. The first kappa shape index (κ1) is 15.4. The Morgan fingerprint density at radius 3 is 2.78 bits per heavy atom. The van der Waals surface area contributed by atoms with E-state index in [2.05, 4.69) is 15.3 Å². The van der Waals surface area contributed by atoms with Crippen molar-refractivity contribution < 1.29 is 14.6 Å². The zero-order chi connectivity index (χ0) is 16.2. The summed E-state index contributed by atoms with van der Waals surface area (Å²) >= 11 is 0. The summed E-state index contributed by atoms with van der Waals surface area (Å²) in [4.78, 5) is 20.9. The van der Waals surface area contributed by atoms with Gasteiger partial charge in [-0.15, -0.1) is 0 Å². The third-order valence-corrected chi connectivity index (χ3v) is 4.12. The maximum atomic E-state index is 12.5. The van der Waals surface area contributed by atoms with Crippen molar-refractivity contribution in [2.45, 2.75) is 25.0 Å². The van der Waals surface area contributed by atoms with E-state index >= 15 is 0 Å². The van der Waals surface area contributed by atoms with Crippen LogP contribution in [0.25, 0.3) is 0 Å². The van der Waals surface area contributed by atoms with Crippen LogP contribution in [0, 0.1) is 5.92 Å². The van der Waals surface area contributed by atoms with Crippen LogP contribution in [0.4, 0.5) is 0 Å². The maximum absolute atomic E-state index is 12.5. The van der Waals surface area contributed by atoms with E-state index in [0.29, 0.717) is 24.3 Å². The molecular formula is C17H19N3O3. The normalized spacial score (nSPS) is 21.1. The average Bonchev–Trinajstić information content (AvgIpc) is 2.58. The highest BCUT2D eigenvalue weighted by atomic mass is 16.5. The van der Waals surface area contributed by atoms with Crippen LogP contribution >= 0.6 is 0 Å². The summed E-state index contributed by atoms with van der Waals surface area (Å²) in [7, 11) is 1.51. The number of ether oxygens (including phenoxy) is 1. The number of hydrogen-bond donors (Lipinski definition) is 2. The van der Waals surface area contributed by atoms with E-state index in [0.717, 1.165) is 5.69 Å². The first-order chi connectivity index (χ1) is 11.2. The number of pyridine rings is 2. The third-order valence-electron chi connectivity index (χ3n) is 4.12. The molecule has 2 N–H and O–H groups in total. The van der Waals surface area contributed by atoms with Crippen molar-refractivity contribution in [3.05, 3.63) is 54.0 Å². The monoisotopic (exact) mass is 313 g/mol. The standard InChI is InChI=1S/C17H19N3O3/c1-23-15-10-11(5-7-19-15)17(22)20-16(12-8-13(21)9-12)14-4-2-3-6-18-14/h2-7,10,12-13,16,21H,8-9H2,1H3,(H,20,22)/t12?,13?,16-/m1/s1. The molecule has 2 aromatic rings. The van der Waals surface area contributed by atoms with E-state index in [1.807, 2.05) is 18.2 Å². The second-order valence-corrected chi connectivity index (χ2v) is 5.68. The van der Waals surface area contributed by atoms with Crippen molar-refractivity contribution in [3.63, 3.8) is 0 Å². The summed E-state index contributed by atoms with van der Waals surface area (Å²) in [5.74, 6) is 0.376. The number of amides is 1. The molecule has 23 heavy (non-hydrogen) atoms. The Balaban J connectivity index is 1.79. The van der Waals surface area contributed by atoms with Gasteiger partial charge in [0.05, 0.1) is 24.9 Å². The zero-order valence-electron chi connectivity index (χ0n) is 12.8. The molecule has 2 heterocycles. The number of aromatic nitrogens is 2. The van der Waals surface area contributed by atoms with E-state index in [-0.39, 0.29) is 24.0 Å². The molecule has 1 fully saturated rings. The zero-order valence-corrected chi connectivity index (χ0v) is 12.8. The summed E-state index contributed by atoms with van der Waals surface area (Å²) in [6.07, 6.45) is 4.29. The van der Waals surface area contributed by atoms with Gasteiger partial charge in [-0.3, -0.25) is 9.78 Å². The summed E-state index contributed by atoms with van der Waals surface area (Å²) in [6.45, 7) is 0. The number of nitrogens with one attached hydrogen (secondary N) is 1. The van der Waals surface area contributed by atoms with E-state index < -0.39 is 0 Å². The molecule has 0 aromatic carbocycles. The van der Waals surface area contributed by atoms with Crippen molar-refractivity contribution in [3.8, 4) is 5.88 Å². The molecule has 1 atom stereocenters. The van der Waals surface area contributed by atoms with Gasteiger partial charge in [0.25, 0.3) is 5.91 Å². The largest absolute Gasteiger partial charge is 0.481 e. The molecule has 2 aromatic heterocycles. The lowest BCUT2D eigenvalue weighted by Crippen LogP contribution is -2.41. The molecule has 1 aliphatic rings. The lowest BCUT2D eigenvalue weighted by molar-refractivity contribution is 0.0228. The highest BCUT2D eigenvalue weighted by molar-refractivity contribution is 5.94. The second kappa shape index (κ2) is 6.75. The van der Waals surface area contributed by atoms with Crippen LogP contribution in [0.3, 0.4) is 0 Å². The number of aliphatic hydroxyl groups excluding tert-OH is 1. The van der Waals surface area contributed by atoms with Gasteiger partial charge in [-0.2, -0.15) is 0 Å². The molecule has 0 aliphatic heterocycles. The molecule has 6 heteroatoms. The van der Waals surface area contributed by atoms with E-state index in [1.165, 1.54) is 13.3 Å². The van der Waals surface area contributed by atoms with Crippen LogP contribution in [0.5, 0.6) is 5.88 Å². The van der Waals surface area contributed by atoms with Gasteiger partial charge in [0, 0.05) is 24.0 Å². The molecule has 1 saturated carbocycles. The van der Waals surface area contributed by atoms with Crippen molar-refractivity contribution in [1.82, 2.24) is 15.3 Å². The van der Waals surface area contributed by atoms with Crippen LogP contribution in [0.1, 0.15) is 34.9 Å². The second-order valence-electron chi connectivity index (χ2n) is 5.68. The van der Waals surface area contributed by atoms with E-state index in [4.69, 9.17) is 4.74 Å². The summed E-state index contributed by atoms with van der Waals surface area (Å²) in [5.41, 5.74) is 1.29. The van der Waals surface area contributed by atoms with Gasteiger partial charge in [-0.1, -0.05) is 6.07 Å². The predicted molar refractivity (Wildman–Crippen MR) is 84.0 cm³/mol. The number of methoxy groups -OCH3 is 1. The predicted octanol–water partition coefficient (Wildman–Crippen LogP) is 1.73. The van der Waals surface area contributed by atoms with Crippen molar-refractivity contribution in [1.29, 1.82) is 0 Å². The minimum Gasteiger partial charge on any atom is -0.481 e. The Bertz CT molecular complexity index is 672. The summed E-state index contributed by atoms with van der Waals surface area (Å²) in [5, 5.41) is 12.6. The number of carbonyl (C=O) groups is 1. The van der Waals surface area contributed by atoms with Gasteiger partial charge >= 0.3 is 0 Å². The molecule has 0 radical (unpaired) electrons. The van der Waals surface area contributed by atoms with E-state index in [1.54, 1.807) is 18.3 Å². The van der Waals surface area contributed by atoms with Crippen molar-refractivity contribution >= 4 is 5.91 Å². The van der Waals surface area contributed by atoms with Crippen LogP contribution < -0.4 is 10.1 Å². The van der Waals surface area contributed by atoms with Crippen LogP contribution in [0.2, 0.25) is 0 Å². The Hall–Kier alpha value is -2.47.